The minimum atomic E-state index is -0.956. The van der Waals surface area contributed by atoms with Crippen molar-refractivity contribution in [2.75, 3.05) is 0 Å². The number of amidine groups is 1. The molecule has 2 aromatic carbocycles. The minimum Gasteiger partial charge on any atom is -0.507 e. The van der Waals surface area contributed by atoms with E-state index in [1.807, 2.05) is 0 Å². The lowest BCUT2D eigenvalue weighted by atomic mass is 10.0. The lowest BCUT2D eigenvalue weighted by molar-refractivity contribution is 0.474. The zero-order valence-electron chi connectivity index (χ0n) is 9.24. The van der Waals surface area contributed by atoms with E-state index in [2.05, 4.69) is 0 Å². The fourth-order valence-electron chi connectivity index (χ4n) is 1.61. The van der Waals surface area contributed by atoms with Crippen molar-refractivity contribution in [1.29, 1.82) is 5.41 Å². The Morgan fingerprint density at radius 3 is 2.17 bits per heavy atom. The highest BCUT2D eigenvalue weighted by Crippen LogP contribution is 2.27. The van der Waals surface area contributed by atoms with Crippen molar-refractivity contribution >= 4 is 5.84 Å². The maximum absolute atomic E-state index is 13.1. The molecule has 0 saturated heterocycles. The molecule has 0 aliphatic heterocycles. The standard InChI is InChI=1S/C13H10F2N2O/c14-10-4-2-7(5-11(10)15)8-1-3-9(13(16)17)12(18)6-8/h1-6,18H,(H3,16,17). The van der Waals surface area contributed by atoms with E-state index in [1.165, 1.54) is 18.2 Å². The zero-order valence-corrected chi connectivity index (χ0v) is 9.24. The van der Waals surface area contributed by atoms with Crippen LogP contribution in [0.25, 0.3) is 11.1 Å². The third kappa shape index (κ3) is 2.15. The summed E-state index contributed by atoms with van der Waals surface area (Å²) in [5.74, 6) is -2.32. The molecule has 0 fully saturated rings. The van der Waals surface area contributed by atoms with Crippen molar-refractivity contribution < 1.29 is 13.9 Å². The molecular weight excluding hydrogens is 238 g/mol. The first-order valence-corrected chi connectivity index (χ1v) is 5.12. The molecule has 0 aromatic heterocycles. The van der Waals surface area contributed by atoms with Crippen LogP contribution in [-0.4, -0.2) is 10.9 Å². The van der Waals surface area contributed by atoms with Gasteiger partial charge in [0.25, 0.3) is 0 Å². The Balaban J connectivity index is 2.48. The van der Waals surface area contributed by atoms with E-state index < -0.39 is 11.6 Å². The van der Waals surface area contributed by atoms with Gasteiger partial charge in [-0.05, 0) is 35.4 Å². The molecule has 2 rings (SSSR count). The van der Waals surface area contributed by atoms with E-state index in [0.717, 1.165) is 12.1 Å². The Morgan fingerprint density at radius 2 is 1.61 bits per heavy atom. The highest BCUT2D eigenvalue weighted by Gasteiger charge is 2.08. The smallest absolute Gasteiger partial charge is 0.159 e. The van der Waals surface area contributed by atoms with Crippen molar-refractivity contribution in [2.45, 2.75) is 0 Å². The number of aromatic hydroxyl groups is 1. The van der Waals surface area contributed by atoms with Crippen molar-refractivity contribution in [1.82, 2.24) is 0 Å². The van der Waals surface area contributed by atoms with Gasteiger partial charge in [0, 0.05) is 0 Å². The summed E-state index contributed by atoms with van der Waals surface area (Å²) < 4.78 is 25.9. The van der Waals surface area contributed by atoms with Gasteiger partial charge in [-0.25, -0.2) is 8.78 Å². The highest BCUT2D eigenvalue weighted by atomic mass is 19.2. The first-order valence-electron chi connectivity index (χ1n) is 5.12. The van der Waals surface area contributed by atoms with Crippen LogP contribution in [0.5, 0.6) is 5.75 Å². The van der Waals surface area contributed by atoms with Gasteiger partial charge in [-0.1, -0.05) is 12.1 Å². The van der Waals surface area contributed by atoms with Gasteiger partial charge >= 0.3 is 0 Å². The second kappa shape index (κ2) is 4.44. The predicted molar refractivity (Wildman–Crippen MR) is 64.5 cm³/mol. The molecule has 0 aliphatic rings. The van der Waals surface area contributed by atoms with E-state index in [1.54, 1.807) is 6.07 Å². The van der Waals surface area contributed by atoms with Gasteiger partial charge in [0.15, 0.2) is 11.6 Å². The van der Waals surface area contributed by atoms with Gasteiger partial charge in [-0.2, -0.15) is 0 Å². The second-order valence-electron chi connectivity index (χ2n) is 3.77. The number of hydrogen-bond acceptors (Lipinski definition) is 2. The molecule has 0 bridgehead atoms. The molecule has 3 nitrogen and oxygen atoms in total. The quantitative estimate of drug-likeness (QED) is 0.564. The van der Waals surface area contributed by atoms with Crippen LogP contribution < -0.4 is 5.73 Å². The molecule has 0 atom stereocenters. The van der Waals surface area contributed by atoms with E-state index in [9.17, 15) is 13.9 Å². The molecule has 0 saturated carbocycles. The number of phenols is 1. The average Bonchev–Trinajstić information content (AvgIpc) is 2.32. The lowest BCUT2D eigenvalue weighted by Gasteiger charge is -2.06. The number of halogens is 2. The van der Waals surface area contributed by atoms with Crippen molar-refractivity contribution in [3.8, 4) is 16.9 Å². The van der Waals surface area contributed by atoms with Crippen LogP contribution in [0.4, 0.5) is 8.78 Å². The third-order valence-electron chi connectivity index (χ3n) is 2.54. The molecule has 0 unspecified atom stereocenters. The number of rotatable bonds is 2. The van der Waals surface area contributed by atoms with Crippen LogP contribution >= 0.6 is 0 Å². The van der Waals surface area contributed by atoms with Crippen LogP contribution in [0.3, 0.4) is 0 Å². The summed E-state index contributed by atoms with van der Waals surface area (Å²) >= 11 is 0. The Kier molecular flexibility index (Phi) is 2.97. The number of hydrogen-bond donors (Lipinski definition) is 3. The molecule has 0 spiro atoms. The largest absolute Gasteiger partial charge is 0.507 e. The SMILES string of the molecule is N=C(N)c1ccc(-c2ccc(F)c(F)c2)cc1O. The third-order valence-corrected chi connectivity index (χ3v) is 2.54. The minimum absolute atomic E-state index is 0.176. The number of nitrogens with two attached hydrogens (primary N) is 1. The van der Waals surface area contributed by atoms with E-state index in [0.29, 0.717) is 11.1 Å². The summed E-state index contributed by atoms with van der Waals surface area (Å²) in [6.45, 7) is 0. The van der Waals surface area contributed by atoms with Crippen molar-refractivity contribution in [2.24, 2.45) is 5.73 Å². The Labute approximate surface area is 102 Å². The average molecular weight is 248 g/mol. The van der Waals surface area contributed by atoms with Gasteiger partial charge in [0.05, 0.1) is 5.56 Å². The molecule has 5 heteroatoms. The number of nitrogen functional groups attached to an aromatic ring is 1. The van der Waals surface area contributed by atoms with Gasteiger partial charge in [-0.15, -0.1) is 0 Å². The molecule has 4 N–H and O–H groups in total. The Bertz CT molecular complexity index is 626. The van der Waals surface area contributed by atoms with Crippen molar-refractivity contribution in [3.63, 3.8) is 0 Å². The molecule has 92 valence electrons. The Morgan fingerprint density at radius 1 is 1.00 bits per heavy atom. The van der Waals surface area contributed by atoms with Crippen LogP contribution in [0, 0.1) is 17.0 Å². The molecule has 18 heavy (non-hydrogen) atoms. The number of nitrogens with one attached hydrogen (secondary N) is 1. The van der Waals surface area contributed by atoms with Gasteiger partial charge in [0.2, 0.25) is 0 Å². The molecule has 2 aromatic rings. The first kappa shape index (κ1) is 12.0. The number of benzene rings is 2. The van der Waals surface area contributed by atoms with E-state index in [-0.39, 0.29) is 17.1 Å². The summed E-state index contributed by atoms with van der Waals surface area (Å²) in [5.41, 5.74) is 6.40. The maximum Gasteiger partial charge on any atom is 0.159 e. The molecule has 0 amide bonds. The fourth-order valence-corrected chi connectivity index (χ4v) is 1.61. The highest BCUT2D eigenvalue weighted by molar-refractivity contribution is 5.98. The summed E-state index contributed by atoms with van der Waals surface area (Å²) in [6, 6.07) is 7.83. The maximum atomic E-state index is 13.1. The van der Waals surface area contributed by atoms with Crippen LogP contribution in [0.2, 0.25) is 0 Å². The summed E-state index contributed by atoms with van der Waals surface area (Å²) in [4.78, 5) is 0. The number of phenolic OH excluding ortho intramolecular Hbond substituents is 1. The van der Waals surface area contributed by atoms with Crippen molar-refractivity contribution in [3.05, 3.63) is 53.6 Å². The first-order chi connectivity index (χ1) is 8.49. The summed E-state index contributed by atoms with van der Waals surface area (Å²) in [6.07, 6.45) is 0. The predicted octanol–water partition coefficient (Wildman–Crippen LogP) is 2.62. The second-order valence-corrected chi connectivity index (χ2v) is 3.77. The topological polar surface area (TPSA) is 70.1 Å². The normalized spacial score (nSPS) is 10.3. The summed E-state index contributed by atoms with van der Waals surface area (Å²) in [5, 5.41) is 16.9. The van der Waals surface area contributed by atoms with Crippen LogP contribution in [0.15, 0.2) is 36.4 Å². The monoisotopic (exact) mass is 248 g/mol. The fraction of sp³-hybridized carbons (Fsp3) is 0. The van der Waals surface area contributed by atoms with Gasteiger partial charge in [0.1, 0.15) is 11.6 Å². The van der Waals surface area contributed by atoms with Crippen LogP contribution in [0.1, 0.15) is 5.56 Å². The van der Waals surface area contributed by atoms with E-state index >= 15 is 0 Å². The van der Waals surface area contributed by atoms with Gasteiger partial charge < -0.3 is 10.8 Å². The van der Waals surface area contributed by atoms with Gasteiger partial charge in [-0.3, -0.25) is 5.41 Å². The molecule has 0 radical (unpaired) electrons. The van der Waals surface area contributed by atoms with Crippen LogP contribution in [-0.2, 0) is 0 Å². The zero-order chi connectivity index (χ0) is 13.3. The molecular formula is C13H10F2N2O. The Hall–Kier alpha value is -2.43. The summed E-state index contributed by atoms with van der Waals surface area (Å²) in [7, 11) is 0. The molecule has 0 aliphatic carbocycles. The lowest BCUT2D eigenvalue weighted by Crippen LogP contribution is -2.10. The van der Waals surface area contributed by atoms with E-state index in [4.69, 9.17) is 11.1 Å². The molecule has 0 heterocycles.